The third kappa shape index (κ3) is 2.66. The molecule has 7 nitrogen and oxygen atoms in total. The van der Waals surface area contributed by atoms with E-state index in [1.807, 2.05) is 0 Å². The highest BCUT2D eigenvalue weighted by atomic mass is 19.3. The van der Waals surface area contributed by atoms with E-state index in [2.05, 4.69) is 20.1 Å². The minimum absolute atomic E-state index is 0.0112. The highest BCUT2D eigenvalue weighted by Gasteiger charge is 2.50. The molecule has 1 aliphatic heterocycles. The maximum absolute atomic E-state index is 13.9. The number of carbonyl (C=O) groups is 1. The molecule has 2 aliphatic rings. The second-order valence-corrected chi connectivity index (χ2v) is 5.86. The van der Waals surface area contributed by atoms with Gasteiger partial charge in [0.15, 0.2) is 5.82 Å². The van der Waals surface area contributed by atoms with Gasteiger partial charge in [-0.3, -0.25) is 9.78 Å². The Hall–Kier alpha value is -2.45. The maximum atomic E-state index is 13.9. The van der Waals surface area contributed by atoms with Gasteiger partial charge in [0.1, 0.15) is 11.7 Å². The molecule has 1 atom stereocenters. The molecule has 1 unspecified atom stereocenters. The lowest BCUT2D eigenvalue weighted by Crippen LogP contribution is -2.33. The van der Waals surface area contributed by atoms with Crippen molar-refractivity contribution in [1.82, 2.24) is 25.0 Å². The summed E-state index contributed by atoms with van der Waals surface area (Å²) in [5.41, 5.74) is 0.0112. The van der Waals surface area contributed by atoms with Gasteiger partial charge in [0, 0.05) is 24.7 Å². The van der Waals surface area contributed by atoms with Crippen molar-refractivity contribution >= 4 is 5.91 Å². The summed E-state index contributed by atoms with van der Waals surface area (Å²) >= 11 is 0. The summed E-state index contributed by atoms with van der Waals surface area (Å²) in [5, 5.41) is 3.84. The molecule has 1 amide bonds. The van der Waals surface area contributed by atoms with Crippen molar-refractivity contribution in [3.63, 3.8) is 0 Å². The van der Waals surface area contributed by atoms with Gasteiger partial charge in [-0.05, 0) is 12.8 Å². The molecule has 0 radical (unpaired) electrons. The van der Waals surface area contributed by atoms with Crippen LogP contribution >= 0.6 is 0 Å². The van der Waals surface area contributed by atoms with Crippen molar-refractivity contribution < 1.29 is 18.1 Å². The van der Waals surface area contributed by atoms with Crippen LogP contribution in [-0.4, -0.2) is 43.4 Å². The Morgan fingerprint density at radius 1 is 1.35 bits per heavy atom. The summed E-state index contributed by atoms with van der Waals surface area (Å²) in [6, 6.07) is -0.945. The number of hydrogen-bond acceptors (Lipinski definition) is 6. The van der Waals surface area contributed by atoms with Gasteiger partial charge in [0.25, 0.3) is 11.8 Å². The van der Waals surface area contributed by atoms with E-state index in [1.165, 1.54) is 18.6 Å². The normalized spacial score (nSPS) is 23.2. The Labute approximate surface area is 129 Å². The number of carbonyl (C=O) groups excluding carboxylic acids is 1. The molecular weight excluding hydrogens is 308 g/mol. The molecule has 0 bridgehead atoms. The second-order valence-electron chi connectivity index (χ2n) is 5.86. The minimum atomic E-state index is -3.00. The van der Waals surface area contributed by atoms with E-state index in [4.69, 9.17) is 4.52 Å². The Morgan fingerprint density at radius 3 is 2.87 bits per heavy atom. The smallest absolute Gasteiger partial charge is 0.274 e. The predicted molar refractivity (Wildman–Crippen MR) is 71.6 cm³/mol. The molecule has 2 fully saturated rings. The van der Waals surface area contributed by atoms with E-state index >= 15 is 0 Å². The van der Waals surface area contributed by atoms with Crippen molar-refractivity contribution in [3.05, 3.63) is 36.0 Å². The van der Waals surface area contributed by atoms with E-state index in [1.54, 1.807) is 0 Å². The summed E-state index contributed by atoms with van der Waals surface area (Å²) in [5.74, 6) is -2.79. The third-order valence-electron chi connectivity index (χ3n) is 4.00. The van der Waals surface area contributed by atoms with E-state index in [-0.39, 0.29) is 17.5 Å². The maximum Gasteiger partial charge on any atom is 0.274 e. The number of rotatable bonds is 3. The van der Waals surface area contributed by atoms with Gasteiger partial charge in [-0.15, -0.1) is 0 Å². The molecule has 1 saturated carbocycles. The first-order valence-corrected chi connectivity index (χ1v) is 7.32. The Balaban J connectivity index is 1.64. The molecule has 120 valence electrons. The molecule has 2 aromatic rings. The summed E-state index contributed by atoms with van der Waals surface area (Å²) in [6.07, 6.45) is 5.41. The lowest BCUT2D eigenvalue weighted by Gasteiger charge is -2.20. The average Bonchev–Trinajstić information content (AvgIpc) is 3.18. The number of aromatic nitrogens is 4. The standard InChI is InChI=1S/C14H13F2N5O2/c15-14(16)5-10(12-19-11(20-23-12)8-1-2-8)21(7-14)13(22)9-6-17-3-4-18-9/h3-4,6,8,10H,1-2,5,7H2. The van der Waals surface area contributed by atoms with Crippen LogP contribution in [0, 0.1) is 0 Å². The fourth-order valence-corrected chi connectivity index (χ4v) is 2.70. The number of halogens is 2. The number of alkyl halides is 2. The fourth-order valence-electron chi connectivity index (χ4n) is 2.70. The molecule has 1 saturated heterocycles. The van der Waals surface area contributed by atoms with Crippen LogP contribution < -0.4 is 0 Å². The molecular formula is C14H13F2N5O2. The van der Waals surface area contributed by atoms with Gasteiger partial charge in [-0.2, -0.15) is 4.98 Å². The van der Waals surface area contributed by atoms with Gasteiger partial charge in [-0.1, -0.05) is 5.16 Å². The SMILES string of the molecule is O=C(c1cnccn1)N1CC(F)(F)CC1c1nc(C2CC2)no1. The van der Waals surface area contributed by atoms with Crippen LogP contribution in [0.15, 0.2) is 23.1 Å². The molecule has 0 aromatic carbocycles. The van der Waals surface area contributed by atoms with Gasteiger partial charge in [-0.25, -0.2) is 13.8 Å². The molecule has 4 rings (SSSR count). The third-order valence-corrected chi connectivity index (χ3v) is 4.00. The molecule has 23 heavy (non-hydrogen) atoms. The van der Waals surface area contributed by atoms with Crippen LogP contribution in [0.3, 0.4) is 0 Å². The quantitative estimate of drug-likeness (QED) is 0.859. The fraction of sp³-hybridized carbons (Fsp3) is 0.500. The van der Waals surface area contributed by atoms with Crippen LogP contribution in [-0.2, 0) is 0 Å². The zero-order valence-electron chi connectivity index (χ0n) is 12.0. The number of hydrogen-bond donors (Lipinski definition) is 0. The van der Waals surface area contributed by atoms with Crippen LogP contribution in [0.25, 0.3) is 0 Å². The van der Waals surface area contributed by atoms with Crippen molar-refractivity contribution in [2.45, 2.75) is 37.1 Å². The van der Waals surface area contributed by atoms with E-state index in [0.717, 1.165) is 17.7 Å². The van der Waals surface area contributed by atoms with Crippen LogP contribution in [0.4, 0.5) is 8.78 Å². The zero-order valence-corrected chi connectivity index (χ0v) is 12.0. The van der Waals surface area contributed by atoms with E-state index in [0.29, 0.717) is 5.82 Å². The van der Waals surface area contributed by atoms with Crippen molar-refractivity contribution in [3.8, 4) is 0 Å². The highest BCUT2D eigenvalue weighted by molar-refractivity contribution is 5.92. The minimum Gasteiger partial charge on any atom is -0.337 e. The molecule has 9 heteroatoms. The van der Waals surface area contributed by atoms with Crippen molar-refractivity contribution in [1.29, 1.82) is 0 Å². The van der Waals surface area contributed by atoms with E-state index in [9.17, 15) is 13.6 Å². The molecule has 1 aliphatic carbocycles. The van der Waals surface area contributed by atoms with Gasteiger partial charge >= 0.3 is 0 Å². The largest absolute Gasteiger partial charge is 0.337 e. The zero-order chi connectivity index (χ0) is 16.0. The first-order valence-electron chi connectivity index (χ1n) is 7.32. The van der Waals surface area contributed by atoms with Gasteiger partial charge in [0.05, 0.1) is 12.7 Å². The van der Waals surface area contributed by atoms with Crippen LogP contribution in [0.2, 0.25) is 0 Å². The van der Waals surface area contributed by atoms with Crippen LogP contribution in [0.1, 0.15) is 53.4 Å². The summed E-state index contributed by atoms with van der Waals surface area (Å²) in [4.78, 5) is 25.4. The summed E-state index contributed by atoms with van der Waals surface area (Å²) in [7, 11) is 0. The predicted octanol–water partition coefficient (Wildman–Crippen LogP) is 1.96. The number of nitrogens with zero attached hydrogens (tertiary/aromatic N) is 5. The first-order chi connectivity index (χ1) is 11.0. The van der Waals surface area contributed by atoms with E-state index < -0.39 is 30.8 Å². The lowest BCUT2D eigenvalue weighted by atomic mass is 10.2. The van der Waals surface area contributed by atoms with Crippen molar-refractivity contribution in [2.24, 2.45) is 0 Å². The van der Waals surface area contributed by atoms with Gasteiger partial charge in [0.2, 0.25) is 5.89 Å². The number of amides is 1. The molecule has 2 aromatic heterocycles. The summed E-state index contributed by atoms with van der Waals surface area (Å²) < 4.78 is 32.9. The summed E-state index contributed by atoms with van der Waals surface area (Å²) in [6.45, 7) is -0.700. The molecule has 3 heterocycles. The Morgan fingerprint density at radius 2 is 2.17 bits per heavy atom. The Bertz CT molecular complexity index is 732. The molecule has 0 N–H and O–H groups in total. The number of likely N-dealkylation sites (tertiary alicyclic amines) is 1. The Kier molecular flexibility index (Phi) is 3.10. The topological polar surface area (TPSA) is 85.0 Å². The first kappa shape index (κ1) is 14.2. The highest BCUT2D eigenvalue weighted by Crippen LogP contribution is 2.43. The van der Waals surface area contributed by atoms with Gasteiger partial charge < -0.3 is 9.42 Å². The van der Waals surface area contributed by atoms with Crippen molar-refractivity contribution in [2.75, 3.05) is 6.54 Å². The average molecular weight is 321 g/mol. The molecule has 0 spiro atoms. The van der Waals surface area contributed by atoms with Crippen LogP contribution in [0.5, 0.6) is 0 Å². The second kappa shape index (κ2) is 5.04. The monoisotopic (exact) mass is 321 g/mol. The lowest BCUT2D eigenvalue weighted by molar-refractivity contribution is 0.0116.